The second kappa shape index (κ2) is 7.49. The van der Waals surface area contributed by atoms with Crippen LogP contribution in [-0.4, -0.2) is 61.0 Å². The van der Waals surface area contributed by atoms with Gasteiger partial charge in [-0.1, -0.05) is 0 Å². The summed E-state index contributed by atoms with van der Waals surface area (Å²) in [5, 5.41) is 0. The molecule has 0 amide bonds. The van der Waals surface area contributed by atoms with E-state index in [4.69, 9.17) is 0 Å². The number of hydrogen-bond acceptors (Lipinski definition) is 7. The highest BCUT2D eigenvalue weighted by Gasteiger charge is 2.24. The summed E-state index contributed by atoms with van der Waals surface area (Å²) in [4.78, 5) is 14.1. The van der Waals surface area contributed by atoms with Crippen molar-refractivity contribution in [2.75, 3.05) is 48.1 Å². The van der Waals surface area contributed by atoms with Crippen LogP contribution in [0.2, 0.25) is 0 Å². The molecule has 7 nitrogen and oxygen atoms in total. The van der Waals surface area contributed by atoms with Crippen LogP contribution in [0.25, 0.3) is 4.91 Å². The van der Waals surface area contributed by atoms with Crippen molar-refractivity contribution < 1.29 is 8.42 Å². The van der Waals surface area contributed by atoms with E-state index < -0.39 is 10.0 Å². The molecule has 2 aliphatic heterocycles. The molecular weight excluding hydrogens is 382 g/mol. The highest BCUT2D eigenvalue weighted by Crippen LogP contribution is 2.36. The lowest BCUT2D eigenvalue weighted by Gasteiger charge is -2.35. The molecule has 1 fully saturated rings. The summed E-state index contributed by atoms with van der Waals surface area (Å²) in [5.41, 5.74) is 2.23. The third-order valence-electron chi connectivity index (χ3n) is 4.69. The average Bonchev–Trinajstić information content (AvgIpc) is 3.19. The maximum atomic E-state index is 11.7. The molecule has 0 N–H and O–H groups in total. The number of thioether (sulfide) groups is 1. The quantitative estimate of drug-likeness (QED) is 0.774. The van der Waals surface area contributed by atoms with E-state index in [-0.39, 0.29) is 0 Å². The molecule has 0 aliphatic carbocycles. The van der Waals surface area contributed by atoms with E-state index in [0.29, 0.717) is 26.2 Å². The van der Waals surface area contributed by atoms with Gasteiger partial charge >= 0.3 is 0 Å². The zero-order valence-electron chi connectivity index (χ0n) is 15.0. The number of hydrogen-bond donors (Lipinski definition) is 0. The Morgan fingerprint density at radius 2 is 1.78 bits per heavy atom. The zero-order chi connectivity index (χ0) is 18.9. The molecule has 0 spiro atoms. The Bertz CT molecular complexity index is 941. The van der Waals surface area contributed by atoms with Gasteiger partial charge < -0.3 is 9.80 Å². The van der Waals surface area contributed by atoms with Gasteiger partial charge in [0.2, 0.25) is 10.0 Å². The summed E-state index contributed by atoms with van der Waals surface area (Å²) in [6, 6.07) is 8.07. The van der Waals surface area contributed by atoms with Gasteiger partial charge in [-0.2, -0.15) is 4.31 Å². The van der Waals surface area contributed by atoms with Gasteiger partial charge in [-0.05, 0) is 23.8 Å². The van der Waals surface area contributed by atoms with Crippen LogP contribution in [0.4, 0.5) is 11.5 Å². The molecule has 0 atom stereocenters. The third-order valence-corrected chi connectivity index (χ3v) is 7.06. The Labute approximate surface area is 163 Å². The van der Waals surface area contributed by atoms with Crippen LogP contribution in [-0.2, 0) is 10.0 Å². The van der Waals surface area contributed by atoms with Crippen LogP contribution in [0.5, 0.6) is 0 Å². The number of rotatable bonds is 4. The van der Waals surface area contributed by atoms with Crippen molar-refractivity contribution in [3.05, 3.63) is 54.6 Å². The molecule has 27 heavy (non-hydrogen) atoms. The van der Waals surface area contributed by atoms with Gasteiger partial charge in [-0.25, -0.2) is 13.4 Å². The molecule has 2 aliphatic rings. The molecule has 2 aromatic heterocycles. The summed E-state index contributed by atoms with van der Waals surface area (Å²) < 4.78 is 24.9. The smallest absolute Gasteiger partial charge is 0.211 e. The minimum absolute atomic E-state index is 0.516. The molecule has 0 aromatic carbocycles. The number of pyridine rings is 2. The summed E-state index contributed by atoms with van der Waals surface area (Å²) in [7, 11) is -3.11. The Morgan fingerprint density at radius 1 is 1.04 bits per heavy atom. The second-order valence-corrected chi connectivity index (χ2v) is 9.46. The molecule has 2 aromatic rings. The first-order chi connectivity index (χ1) is 13.0. The lowest BCUT2D eigenvalue weighted by atomic mass is 10.2. The van der Waals surface area contributed by atoms with Gasteiger partial charge in [0.25, 0.3) is 0 Å². The van der Waals surface area contributed by atoms with Crippen molar-refractivity contribution in [2.24, 2.45) is 0 Å². The van der Waals surface area contributed by atoms with Crippen molar-refractivity contribution >= 4 is 38.2 Å². The van der Waals surface area contributed by atoms with Crippen LogP contribution in [0.15, 0.2) is 49.1 Å². The van der Waals surface area contributed by atoms with Crippen molar-refractivity contribution in [1.82, 2.24) is 14.3 Å². The van der Waals surface area contributed by atoms with Crippen LogP contribution in [0.1, 0.15) is 5.56 Å². The number of aromatic nitrogens is 2. The largest absolute Gasteiger partial charge is 0.369 e. The first-order valence-corrected chi connectivity index (χ1v) is 11.5. The predicted octanol–water partition coefficient (Wildman–Crippen LogP) is 2.07. The van der Waals surface area contributed by atoms with Crippen molar-refractivity contribution in [2.45, 2.75) is 0 Å². The third kappa shape index (κ3) is 4.10. The normalized spacial score (nSPS) is 18.6. The summed E-state index contributed by atoms with van der Waals surface area (Å²) in [5.74, 6) is 1.71. The number of nitrogens with zero attached hydrogens (tertiary/aromatic N) is 5. The molecule has 1 saturated heterocycles. The molecular formula is C18H21N5O2S2. The Balaban J connectivity index is 1.48. The van der Waals surface area contributed by atoms with Gasteiger partial charge in [0.05, 0.1) is 12.1 Å². The van der Waals surface area contributed by atoms with Crippen LogP contribution < -0.4 is 9.80 Å². The van der Waals surface area contributed by atoms with E-state index in [1.54, 1.807) is 24.2 Å². The van der Waals surface area contributed by atoms with E-state index >= 15 is 0 Å². The van der Waals surface area contributed by atoms with Crippen molar-refractivity contribution in [3.63, 3.8) is 0 Å². The monoisotopic (exact) mass is 403 g/mol. The molecule has 0 unspecified atom stereocenters. The number of anilines is 2. The standard InChI is InChI=1S/C18H21N5O2S2/c1-27(24,25)23-10-8-21(9-11-23)16-4-7-20-18(12-16)22-13-17(26-14-22)15-2-5-19-6-3-15/h2-7,12-13H,8-11,14H2,1H3. The highest BCUT2D eigenvalue weighted by molar-refractivity contribution is 8.08. The molecule has 0 bridgehead atoms. The molecule has 9 heteroatoms. The lowest BCUT2D eigenvalue weighted by molar-refractivity contribution is 0.388. The summed E-state index contributed by atoms with van der Waals surface area (Å²) >= 11 is 1.78. The van der Waals surface area contributed by atoms with E-state index in [0.717, 1.165) is 22.9 Å². The fourth-order valence-electron chi connectivity index (χ4n) is 3.20. The maximum absolute atomic E-state index is 11.7. The Morgan fingerprint density at radius 3 is 2.48 bits per heavy atom. The Kier molecular flexibility index (Phi) is 5.07. The van der Waals surface area contributed by atoms with E-state index in [1.165, 1.54) is 15.5 Å². The van der Waals surface area contributed by atoms with Crippen molar-refractivity contribution in [3.8, 4) is 0 Å². The topological polar surface area (TPSA) is 69.6 Å². The fourth-order valence-corrected chi connectivity index (χ4v) is 5.02. The molecule has 0 radical (unpaired) electrons. The van der Waals surface area contributed by atoms with Gasteiger partial charge in [0.1, 0.15) is 5.82 Å². The summed E-state index contributed by atoms with van der Waals surface area (Å²) in [6.07, 6.45) is 8.80. The minimum atomic E-state index is -3.11. The first-order valence-electron chi connectivity index (χ1n) is 8.68. The zero-order valence-corrected chi connectivity index (χ0v) is 16.7. The predicted molar refractivity (Wildman–Crippen MR) is 110 cm³/mol. The van der Waals surface area contributed by atoms with E-state index in [9.17, 15) is 8.42 Å². The molecule has 4 heterocycles. The highest BCUT2D eigenvalue weighted by atomic mass is 32.2. The maximum Gasteiger partial charge on any atom is 0.211 e. The van der Waals surface area contributed by atoms with Gasteiger partial charge in [-0.15, -0.1) is 11.8 Å². The van der Waals surface area contributed by atoms with Gasteiger partial charge in [0, 0.05) is 67.6 Å². The molecule has 142 valence electrons. The first kappa shape index (κ1) is 18.3. The van der Waals surface area contributed by atoms with Crippen LogP contribution in [0, 0.1) is 0 Å². The number of sulfonamides is 1. The molecule has 4 rings (SSSR count). The van der Waals surface area contributed by atoms with Crippen LogP contribution in [0.3, 0.4) is 0 Å². The van der Waals surface area contributed by atoms with Gasteiger partial charge in [0.15, 0.2) is 0 Å². The molecule has 0 saturated carbocycles. The van der Waals surface area contributed by atoms with Crippen molar-refractivity contribution in [1.29, 1.82) is 0 Å². The van der Waals surface area contributed by atoms with E-state index in [2.05, 4.69) is 32.0 Å². The van der Waals surface area contributed by atoms with E-state index in [1.807, 2.05) is 24.4 Å². The SMILES string of the molecule is CS(=O)(=O)N1CCN(c2ccnc(N3C=C(c4ccncc4)SC3)c2)CC1. The second-order valence-electron chi connectivity index (χ2n) is 6.49. The minimum Gasteiger partial charge on any atom is -0.369 e. The average molecular weight is 404 g/mol. The van der Waals surface area contributed by atoms with Gasteiger partial charge in [-0.3, -0.25) is 4.98 Å². The fraction of sp³-hybridized carbons (Fsp3) is 0.333. The lowest BCUT2D eigenvalue weighted by Crippen LogP contribution is -2.48. The number of piperazine rings is 1. The Hall–Kier alpha value is -2.10. The van der Waals surface area contributed by atoms with Crippen LogP contribution >= 0.6 is 11.8 Å². The summed E-state index contributed by atoms with van der Waals surface area (Å²) in [6.45, 7) is 2.40.